The number of carbonyl (C=O) groups is 1. The van der Waals surface area contributed by atoms with Crippen molar-refractivity contribution in [1.29, 1.82) is 0 Å². The molecule has 0 saturated carbocycles. The monoisotopic (exact) mass is 387 g/mol. The largest absolute Gasteiger partial charge is 0.467 e. The Kier molecular flexibility index (Phi) is 6.78. The molecule has 1 aromatic carbocycles. The van der Waals surface area contributed by atoms with Crippen molar-refractivity contribution >= 4 is 34.0 Å². The average Bonchev–Trinajstić information content (AvgIpc) is 2.94. The van der Waals surface area contributed by atoms with Crippen molar-refractivity contribution in [2.24, 2.45) is 5.73 Å². The van der Waals surface area contributed by atoms with Gasteiger partial charge >= 0.3 is 0 Å². The number of furan rings is 1. The summed E-state index contributed by atoms with van der Waals surface area (Å²) < 4.78 is 32.4. The molecule has 0 atom stereocenters. The van der Waals surface area contributed by atoms with Crippen molar-refractivity contribution in [2.75, 3.05) is 5.32 Å². The molecule has 0 spiro atoms. The van der Waals surface area contributed by atoms with Gasteiger partial charge in [-0.3, -0.25) is 4.79 Å². The second-order valence-electron chi connectivity index (χ2n) is 6.34. The van der Waals surface area contributed by atoms with Gasteiger partial charge in [-0.2, -0.15) is 0 Å². The lowest BCUT2D eigenvalue weighted by Gasteiger charge is -2.20. The fraction of sp³-hybridized carbons (Fsp3) is 0.312. The minimum Gasteiger partial charge on any atom is -0.467 e. The number of rotatable bonds is 5. The zero-order valence-corrected chi connectivity index (χ0v) is 15.8. The van der Waals surface area contributed by atoms with E-state index in [1.54, 1.807) is 32.9 Å². The molecule has 1 amide bonds. The number of nitrogens with two attached hydrogens (primary N) is 1. The topological polar surface area (TPSA) is 114 Å². The number of amides is 1. The molecule has 0 aliphatic heterocycles. The first kappa shape index (κ1) is 21.2. The summed E-state index contributed by atoms with van der Waals surface area (Å²) in [4.78, 5) is 12.2. The summed E-state index contributed by atoms with van der Waals surface area (Å²) in [6.07, 6.45) is 1.30. The summed E-state index contributed by atoms with van der Waals surface area (Å²) >= 11 is 0. The van der Waals surface area contributed by atoms with E-state index in [1.807, 2.05) is 0 Å². The lowest BCUT2D eigenvalue weighted by Crippen LogP contribution is -2.40. The van der Waals surface area contributed by atoms with E-state index >= 15 is 0 Å². The van der Waals surface area contributed by atoms with Gasteiger partial charge in [0.15, 0.2) is 0 Å². The van der Waals surface area contributed by atoms with Crippen molar-refractivity contribution in [3.63, 3.8) is 0 Å². The quantitative estimate of drug-likeness (QED) is 0.729. The van der Waals surface area contributed by atoms with E-state index < -0.39 is 21.5 Å². The van der Waals surface area contributed by atoms with Crippen LogP contribution in [-0.4, -0.2) is 19.9 Å². The van der Waals surface area contributed by atoms with Crippen LogP contribution < -0.4 is 15.8 Å². The van der Waals surface area contributed by atoms with E-state index in [4.69, 9.17) is 10.2 Å². The van der Waals surface area contributed by atoms with Crippen LogP contribution >= 0.6 is 12.4 Å². The van der Waals surface area contributed by atoms with Crippen LogP contribution in [0.2, 0.25) is 0 Å². The summed E-state index contributed by atoms with van der Waals surface area (Å²) in [5, 5.41) is 2.64. The van der Waals surface area contributed by atoms with Crippen LogP contribution in [-0.2, 0) is 16.6 Å². The van der Waals surface area contributed by atoms with Gasteiger partial charge in [-0.15, -0.1) is 12.4 Å². The van der Waals surface area contributed by atoms with E-state index in [9.17, 15) is 13.2 Å². The van der Waals surface area contributed by atoms with Crippen LogP contribution in [0.4, 0.5) is 5.69 Å². The Morgan fingerprint density at radius 3 is 2.48 bits per heavy atom. The summed E-state index contributed by atoms with van der Waals surface area (Å²) in [6.45, 7) is 5.46. The first-order chi connectivity index (χ1) is 11.1. The van der Waals surface area contributed by atoms with Crippen molar-refractivity contribution in [3.05, 3.63) is 47.9 Å². The molecule has 0 unspecified atom stereocenters. The molecule has 25 heavy (non-hydrogen) atoms. The Morgan fingerprint density at radius 2 is 1.92 bits per heavy atom. The summed E-state index contributed by atoms with van der Waals surface area (Å²) in [7, 11) is -3.68. The van der Waals surface area contributed by atoms with Crippen LogP contribution in [0.3, 0.4) is 0 Å². The average molecular weight is 388 g/mol. The molecule has 2 aromatic rings. The standard InChI is InChI=1S/C16H21N3O4S.ClH/c1-16(2,3)19-24(21,22)14-6-4-5-12(8-14)18-15(20)11-7-13(9-17)23-10-11;/h4-8,10,19H,9,17H2,1-3H3,(H,18,20);1H. The first-order valence-electron chi connectivity index (χ1n) is 7.33. The van der Waals surface area contributed by atoms with Crippen LogP contribution in [0.15, 0.2) is 45.9 Å². The normalized spacial score (nSPS) is 11.7. The van der Waals surface area contributed by atoms with Crippen LogP contribution in [0.5, 0.6) is 0 Å². The van der Waals surface area contributed by atoms with Gasteiger partial charge in [0.2, 0.25) is 10.0 Å². The van der Waals surface area contributed by atoms with Gasteiger partial charge in [-0.25, -0.2) is 13.1 Å². The molecule has 0 radical (unpaired) electrons. The Morgan fingerprint density at radius 1 is 1.24 bits per heavy atom. The maximum Gasteiger partial charge on any atom is 0.258 e. The predicted octanol–water partition coefficient (Wildman–Crippen LogP) is 2.49. The highest BCUT2D eigenvalue weighted by atomic mass is 35.5. The van der Waals surface area contributed by atoms with Gasteiger partial charge < -0.3 is 15.5 Å². The fourth-order valence-corrected chi connectivity index (χ4v) is 3.48. The Hall–Kier alpha value is -1.87. The van der Waals surface area contributed by atoms with Crippen LogP contribution in [0.25, 0.3) is 0 Å². The molecule has 0 saturated heterocycles. The van der Waals surface area contributed by atoms with Crippen molar-refractivity contribution in [2.45, 2.75) is 37.8 Å². The number of halogens is 1. The van der Waals surface area contributed by atoms with Crippen LogP contribution in [0.1, 0.15) is 36.9 Å². The molecule has 2 rings (SSSR count). The van der Waals surface area contributed by atoms with E-state index in [1.165, 1.54) is 24.5 Å². The number of hydrogen-bond donors (Lipinski definition) is 3. The molecule has 1 heterocycles. The van der Waals surface area contributed by atoms with Gasteiger partial charge in [0, 0.05) is 11.2 Å². The number of carbonyl (C=O) groups excluding carboxylic acids is 1. The number of benzene rings is 1. The minimum atomic E-state index is -3.68. The molecule has 0 aliphatic rings. The lowest BCUT2D eigenvalue weighted by molar-refractivity contribution is 0.102. The summed E-state index contributed by atoms with van der Waals surface area (Å²) in [5.74, 6) is 0.0858. The second-order valence-corrected chi connectivity index (χ2v) is 8.03. The maximum absolute atomic E-state index is 12.3. The third kappa shape index (κ3) is 5.86. The molecule has 1 aromatic heterocycles. The van der Waals surface area contributed by atoms with Crippen molar-refractivity contribution < 1.29 is 17.6 Å². The van der Waals surface area contributed by atoms with Gasteiger partial charge in [-0.05, 0) is 45.0 Å². The smallest absolute Gasteiger partial charge is 0.258 e. The minimum absolute atomic E-state index is 0. The number of hydrogen-bond acceptors (Lipinski definition) is 5. The van der Waals surface area contributed by atoms with Gasteiger partial charge in [0.05, 0.1) is 17.0 Å². The summed E-state index contributed by atoms with van der Waals surface area (Å²) in [6, 6.07) is 7.58. The number of anilines is 1. The Balaban J connectivity index is 0.00000312. The highest BCUT2D eigenvalue weighted by molar-refractivity contribution is 7.89. The van der Waals surface area contributed by atoms with Gasteiger partial charge in [0.1, 0.15) is 12.0 Å². The Bertz CT molecular complexity index is 841. The number of sulfonamides is 1. The molecular weight excluding hydrogens is 366 g/mol. The maximum atomic E-state index is 12.3. The molecule has 7 nitrogen and oxygen atoms in total. The molecule has 0 aliphatic carbocycles. The summed E-state index contributed by atoms with van der Waals surface area (Å²) in [5.41, 5.74) is 5.52. The zero-order chi connectivity index (χ0) is 18.0. The third-order valence-corrected chi connectivity index (χ3v) is 4.72. The number of nitrogens with one attached hydrogen (secondary N) is 2. The highest BCUT2D eigenvalue weighted by Crippen LogP contribution is 2.18. The van der Waals surface area contributed by atoms with E-state index in [0.717, 1.165) is 0 Å². The highest BCUT2D eigenvalue weighted by Gasteiger charge is 2.22. The van der Waals surface area contributed by atoms with Crippen molar-refractivity contribution in [1.82, 2.24) is 4.72 Å². The Labute approximate surface area is 153 Å². The molecule has 4 N–H and O–H groups in total. The van der Waals surface area contributed by atoms with E-state index in [-0.39, 0.29) is 23.8 Å². The zero-order valence-electron chi connectivity index (χ0n) is 14.2. The molecular formula is C16H22ClN3O4S. The first-order valence-corrected chi connectivity index (χ1v) is 8.82. The molecule has 0 fully saturated rings. The predicted molar refractivity (Wildman–Crippen MR) is 98.3 cm³/mol. The third-order valence-electron chi connectivity index (χ3n) is 2.96. The van der Waals surface area contributed by atoms with Crippen LogP contribution in [0, 0.1) is 0 Å². The molecule has 0 bridgehead atoms. The SMILES string of the molecule is CC(C)(C)NS(=O)(=O)c1cccc(NC(=O)c2coc(CN)c2)c1.Cl. The van der Waals surface area contributed by atoms with Gasteiger partial charge in [0.25, 0.3) is 5.91 Å². The molecule has 138 valence electrons. The van der Waals surface area contributed by atoms with Gasteiger partial charge in [-0.1, -0.05) is 6.07 Å². The fourth-order valence-electron chi connectivity index (χ4n) is 2.01. The second kappa shape index (κ2) is 8.01. The molecule has 9 heteroatoms. The lowest BCUT2D eigenvalue weighted by atomic mass is 10.1. The van der Waals surface area contributed by atoms with E-state index in [2.05, 4.69) is 10.0 Å². The van der Waals surface area contributed by atoms with Crippen molar-refractivity contribution in [3.8, 4) is 0 Å². The van der Waals surface area contributed by atoms with E-state index in [0.29, 0.717) is 17.0 Å².